The van der Waals surface area contributed by atoms with Crippen molar-refractivity contribution < 1.29 is 4.74 Å². The zero-order valence-corrected chi connectivity index (χ0v) is 10.4. The van der Waals surface area contributed by atoms with Gasteiger partial charge in [-0.1, -0.05) is 13.8 Å². The molecule has 0 aromatic carbocycles. The number of nitrogens with one attached hydrogen (secondary N) is 1. The van der Waals surface area contributed by atoms with E-state index in [0.29, 0.717) is 17.6 Å². The van der Waals surface area contributed by atoms with Crippen LogP contribution in [0.1, 0.15) is 46.0 Å². The van der Waals surface area contributed by atoms with E-state index in [1.54, 1.807) is 0 Å². The van der Waals surface area contributed by atoms with E-state index in [0.717, 1.165) is 12.5 Å². The van der Waals surface area contributed by atoms with Gasteiger partial charge in [-0.05, 0) is 50.5 Å². The van der Waals surface area contributed by atoms with Crippen LogP contribution in [0.15, 0.2) is 0 Å². The molecule has 2 fully saturated rings. The molecular formula is C13H25NO. The van der Waals surface area contributed by atoms with Crippen LogP contribution in [0, 0.1) is 11.3 Å². The van der Waals surface area contributed by atoms with Crippen molar-refractivity contribution in [3.63, 3.8) is 0 Å². The average Bonchev–Trinajstić information content (AvgIpc) is 2.97. The maximum atomic E-state index is 6.08. The van der Waals surface area contributed by atoms with Gasteiger partial charge >= 0.3 is 0 Å². The van der Waals surface area contributed by atoms with Gasteiger partial charge < -0.3 is 10.1 Å². The van der Waals surface area contributed by atoms with Gasteiger partial charge in [0.15, 0.2) is 0 Å². The lowest BCUT2D eigenvalue weighted by molar-refractivity contribution is -0.0306. The molecule has 2 atom stereocenters. The van der Waals surface area contributed by atoms with Crippen molar-refractivity contribution in [2.45, 2.75) is 58.1 Å². The number of hydrogen-bond acceptors (Lipinski definition) is 2. The highest BCUT2D eigenvalue weighted by atomic mass is 16.5. The van der Waals surface area contributed by atoms with Crippen LogP contribution in [0.5, 0.6) is 0 Å². The molecule has 0 aromatic heterocycles. The van der Waals surface area contributed by atoms with Gasteiger partial charge in [0, 0.05) is 12.6 Å². The van der Waals surface area contributed by atoms with Gasteiger partial charge in [-0.15, -0.1) is 0 Å². The lowest BCUT2D eigenvalue weighted by Gasteiger charge is -2.40. The predicted molar refractivity (Wildman–Crippen MR) is 62.9 cm³/mol. The van der Waals surface area contributed by atoms with Crippen molar-refractivity contribution in [2.24, 2.45) is 11.3 Å². The zero-order chi connectivity index (χ0) is 10.9. The van der Waals surface area contributed by atoms with E-state index in [1.165, 1.54) is 32.1 Å². The van der Waals surface area contributed by atoms with Crippen molar-refractivity contribution in [3.05, 3.63) is 0 Å². The monoisotopic (exact) mass is 211 g/mol. The summed E-state index contributed by atoms with van der Waals surface area (Å²) in [7, 11) is 2.07. The third-order valence-corrected chi connectivity index (χ3v) is 3.95. The maximum Gasteiger partial charge on any atom is 0.0733 e. The molecule has 15 heavy (non-hydrogen) atoms. The summed E-state index contributed by atoms with van der Waals surface area (Å²) in [6.45, 7) is 5.73. The molecule has 88 valence electrons. The van der Waals surface area contributed by atoms with Crippen molar-refractivity contribution in [2.75, 3.05) is 13.7 Å². The first-order valence-corrected chi connectivity index (χ1v) is 6.39. The minimum atomic E-state index is 0.444. The number of ether oxygens (including phenoxy) is 1. The van der Waals surface area contributed by atoms with E-state index < -0.39 is 0 Å². The molecule has 0 radical (unpaired) electrons. The van der Waals surface area contributed by atoms with E-state index in [4.69, 9.17) is 4.74 Å². The lowest BCUT2D eigenvalue weighted by atomic mass is 9.74. The molecule has 0 aromatic rings. The molecule has 0 saturated heterocycles. The van der Waals surface area contributed by atoms with Crippen LogP contribution in [0.25, 0.3) is 0 Å². The Hall–Kier alpha value is -0.0800. The van der Waals surface area contributed by atoms with Crippen LogP contribution in [0.4, 0.5) is 0 Å². The Morgan fingerprint density at radius 3 is 2.60 bits per heavy atom. The molecule has 0 bridgehead atoms. The summed E-state index contributed by atoms with van der Waals surface area (Å²) in [5, 5.41) is 3.41. The molecule has 0 spiro atoms. The fraction of sp³-hybridized carbons (Fsp3) is 1.00. The molecule has 0 amide bonds. The Morgan fingerprint density at radius 1 is 1.27 bits per heavy atom. The Labute approximate surface area is 93.8 Å². The third-order valence-electron chi connectivity index (χ3n) is 3.95. The summed E-state index contributed by atoms with van der Waals surface area (Å²) >= 11 is 0. The van der Waals surface area contributed by atoms with Crippen LogP contribution in [-0.2, 0) is 4.74 Å². The number of rotatable bonds is 4. The van der Waals surface area contributed by atoms with Crippen molar-refractivity contribution in [1.82, 2.24) is 5.32 Å². The molecule has 2 nitrogen and oxygen atoms in total. The molecule has 2 aliphatic carbocycles. The summed E-state index contributed by atoms with van der Waals surface area (Å²) in [6.07, 6.45) is 7.02. The van der Waals surface area contributed by atoms with E-state index in [2.05, 4.69) is 26.2 Å². The molecule has 2 heteroatoms. The highest BCUT2D eigenvalue weighted by Crippen LogP contribution is 2.38. The average molecular weight is 211 g/mol. The normalized spacial score (nSPS) is 35.4. The van der Waals surface area contributed by atoms with E-state index >= 15 is 0 Å². The van der Waals surface area contributed by atoms with Crippen LogP contribution in [0.2, 0.25) is 0 Å². The van der Waals surface area contributed by atoms with Crippen molar-refractivity contribution in [1.29, 1.82) is 0 Å². The summed E-state index contributed by atoms with van der Waals surface area (Å²) in [5.74, 6) is 0.882. The zero-order valence-electron chi connectivity index (χ0n) is 10.4. The second-order valence-electron chi connectivity index (χ2n) is 6.12. The summed E-state index contributed by atoms with van der Waals surface area (Å²) < 4.78 is 6.08. The second-order valence-corrected chi connectivity index (χ2v) is 6.12. The molecule has 1 N–H and O–H groups in total. The van der Waals surface area contributed by atoms with Gasteiger partial charge in [0.2, 0.25) is 0 Å². The van der Waals surface area contributed by atoms with Gasteiger partial charge in [0.05, 0.1) is 6.10 Å². The van der Waals surface area contributed by atoms with E-state index in [1.807, 2.05) is 0 Å². The highest BCUT2D eigenvalue weighted by Gasteiger charge is 2.35. The smallest absolute Gasteiger partial charge is 0.0733 e. The van der Waals surface area contributed by atoms with Gasteiger partial charge in [-0.3, -0.25) is 0 Å². The predicted octanol–water partition coefficient (Wildman–Crippen LogP) is 2.58. The minimum Gasteiger partial charge on any atom is -0.376 e. The van der Waals surface area contributed by atoms with Crippen LogP contribution >= 0.6 is 0 Å². The lowest BCUT2D eigenvalue weighted by Crippen LogP contribution is -2.46. The topological polar surface area (TPSA) is 21.3 Å². The molecule has 0 heterocycles. The van der Waals surface area contributed by atoms with Crippen LogP contribution in [-0.4, -0.2) is 25.8 Å². The Kier molecular flexibility index (Phi) is 3.36. The molecule has 2 aliphatic rings. The summed E-state index contributed by atoms with van der Waals surface area (Å²) in [5.41, 5.74) is 0.474. The van der Waals surface area contributed by atoms with Crippen molar-refractivity contribution >= 4 is 0 Å². The summed E-state index contributed by atoms with van der Waals surface area (Å²) in [6, 6.07) is 0.580. The Balaban J connectivity index is 1.84. The first-order chi connectivity index (χ1) is 7.11. The van der Waals surface area contributed by atoms with E-state index in [-0.39, 0.29) is 0 Å². The van der Waals surface area contributed by atoms with Crippen LogP contribution in [0.3, 0.4) is 0 Å². The highest BCUT2D eigenvalue weighted by molar-refractivity contribution is 4.89. The minimum absolute atomic E-state index is 0.444. The first kappa shape index (κ1) is 11.4. The molecule has 2 rings (SSSR count). The van der Waals surface area contributed by atoms with Gasteiger partial charge in [0.1, 0.15) is 0 Å². The van der Waals surface area contributed by atoms with Crippen molar-refractivity contribution in [3.8, 4) is 0 Å². The third kappa shape index (κ3) is 3.18. The Morgan fingerprint density at radius 2 is 2.00 bits per heavy atom. The SMILES string of the molecule is CNC1CCC(C)(C)CC1OCC1CC1. The molecular weight excluding hydrogens is 186 g/mol. The summed E-state index contributed by atoms with van der Waals surface area (Å²) in [4.78, 5) is 0. The van der Waals surface area contributed by atoms with Gasteiger partial charge in [0.25, 0.3) is 0 Å². The number of likely N-dealkylation sites (N-methyl/N-ethyl adjacent to an activating group) is 1. The molecule has 2 saturated carbocycles. The fourth-order valence-corrected chi connectivity index (χ4v) is 2.57. The number of hydrogen-bond donors (Lipinski definition) is 1. The Bertz CT molecular complexity index is 211. The van der Waals surface area contributed by atoms with Crippen LogP contribution < -0.4 is 5.32 Å². The quantitative estimate of drug-likeness (QED) is 0.771. The maximum absolute atomic E-state index is 6.08. The van der Waals surface area contributed by atoms with Gasteiger partial charge in [-0.25, -0.2) is 0 Å². The van der Waals surface area contributed by atoms with E-state index in [9.17, 15) is 0 Å². The largest absolute Gasteiger partial charge is 0.376 e. The second kappa shape index (κ2) is 4.42. The fourth-order valence-electron chi connectivity index (χ4n) is 2.57. The molecule has 0 aliphatic heterocycles. The van der Waals surface area contributed by atoms with Gasteiger partial charge in [-0.2, -0.15) is 0 Å². The standard InChI is InChI=1S/C13H25NO/c1-13(2)7-6-11(14-3)12(8-13)15-9-10-4-5-10/h10-12,14H,4-9H2,1-3H3. The molecule has 2 unspecified atom stereocenters. The first-order valence-electron chi connectivity index (χ1n) is 6.39.